The van der Waals surface area contributed by atoms with Crippen molar-refractivity contribution < 1.29 is 14.7 Å². The van der Waals surface area contributed by atoms with Crippen LogP contribution < -0.4 is 0 Å². The van der Waals surface area contributed by atoms with E-state index < -0.39 is 5.97 Å². The minimum Gasteiger partial charge on any atom is -0.424 e. The Bertz CT molecular complexity index is 697. The number of esters is 1. The second-order valence-corrected chi connectivity index (χ2v) is 6.40. The molecule has 0 atom stereocenters. The van der Waals surface area contributed by atoms with E-state index in [4.69, 9.17) is 9.94 Å². The average molecular weight is 353 g/mol. The highest BCUT2D eigenvalue weighted by Gasteiger charge is 2.06. The summed E-state index contributed by atoms with van der Waals surface area (Å²) < 4.78 is 5.23. The Kier molecular flexibility index (Phi) is 8.40. The molecule has 2 rings (SSSR count). The lowest BCUT2D eigenvalue weighted by Crippen LogP contribution is -2.04. The minimum atomic E-state index is -0.426. The molecular weight excluding hydrogens is 326 g/mol. The summed E-state index contributed by atoms with van der Waals surface area (Å²) in [7, 11) is 0. The Morgan fingerprint density at radius 2 is 1.92 bits per heavy atom. The molecule has 1 aliphatic carbocycles. The number of unbranched alkanes of at least 4 members (excludes halogenated alkanes) is 4. The van der Waals surface area contributed by atoms with Crippen LogP contribution in [0, 0.1) is 0 Å². The van der Waals surface area contributed by atoms with Crippen LogP contribution in [-0.2, 0) is 16.0 Å². The summed E-state index contributed by atoms with van der Waals surface area (Å²) in [5.74, 6) is 0.0377. The summed E-state index contributed by atoms with van der Waals surface area (Å²) in [4.78, 5) is 11.9. The normalized spacial score (nSPS) is 15.4. The number of carbonyl (C=O) groups excluding carboxylic acids is 1. The molecule has 0 bridgehead atoms. The number of rotatable bonds is 9. The Labute approximate surface area is 155 Å². The maximum absolute atomic E-state index is 11.9. The van der Waals surface area contributed by atoms with Gasteiger partial charge in [-0.15, -0.1) is 0 Å². The molecule has 1 aliphatic rings. The molecule has 1 aromatic rings. The Morgan fingerprint density at radius 1 is 1.15 bits per heavy atom. The van der Waals surface area contributed by atoms with E-state index in [-0.39, 0.29) is 0 Å². The fraction of sp³-hybridized carbons (Fsp3) is 0.364. The van der Waals surface area contributed by atoms with Crippen molar-refractivity contribution >= 4 is 17.8 Å². The Balaban J connectivity index is 1.76. The van der Waals surface area contributed by atoms with Crippen molar-refractivity contribution in [3.8, 4) is 0 Å². The molecule has 0 heterocycles. The lowest BCUT2D eigenvalue weighted by Gasteiger charge is -2.06. The van der Waals surface area contributed by atoms with Crippen molar-refractivity contribution in [1.29, 1.82) is 0 Å². The highest BCUT2D eigenvalue weighted by atomic mass is 16.5. The topological polar surface area (TPSA) is 58.9 Å². The zero-order chi connectivity index (χ0) is 18.6. The lowest BCUT2D eigenvalue weighted by molar-refractivity contribution is -0.133. The molecule has 1 N–H and O–H groups in total. The Hall–Kier alpha value is -2.62. The Morgan fingerprint density at radius 3 is 2.58 bits per heavy atom. The molecule has 138 valence electrons. The van der Waals surface area contributed by atoms with Crippen molar-refractivity contribution in [3.05, 3.63) is 65.5 Å². The van der Waals surface area contributed by atoms with Gasteiger partial charge in [0.2, 0.25) is 0 Å². The third-order valence-corrected chi connectivity index (χ3v) is 4.26. The molecule has 0 aromatic heterocycles. The van der Waals surface area contributed by atoms with Gasteiger partial charge in [-0.3, -0.25) is 0 Å². The summed E-state index contributed by atoms with van der Waals surface area (Å²) in [6.07, 6.45) is 16.1. The first kappa shape index (κ1) is 19.7. The monoisotopic (exact) mass is 353 g/mol. The second-order valence-electron chi connectivity index (χ2n) is 6.40. The molecule has 26 heavy (non-hydrogen) atoms. The van der Waals surface area contributed by atoms with Crippen molar-refractivity contribution in [1.82, 2.24) is 0 Å². The zero-order valence-corrected chi connectivity index (χ0v) is 15.4. The van der Waals surface area contributed by atoms with Crippen LogP contribution >= 0.6 is 0 Å². The van der Waals surface area contributed by atoms with Crippen LogP contribution in [0.25, 0.3) is 6.08 Å². The number of nitrogens with zero attached hydrogens (tertiary/aromatic N) is 1. The van der Waals surface area contributed by atoms with E-state index >= 15 is 0 Å². The van der Waals surface area contributed by atoms with Gasteiger partial charge < -0.3 is 9.94 Å². The number of carbonyl (C=O) groups is 1. The van der Waals surface area contributed by atoms with Crippen molar-refractivity contribution in [2.24, 2.45) is 5.16 Å². The predicted octanol–water partition coefficient (Wildman–Crippen LogP) is 5.43. The smallest absolute Gasteiger partial charge is 0.336 e. The van der Waals surface area contributed by atoms with E-state index in [1.165, 1.54) is 43.7 Å². The van der Waals surface area contributed by atoms with Gasteiger partial charge in [-0.2, -0.15) is 0 Å². The molecular formula is C22H27NO3. The van der Waals surface area contributed by atoms with E-state index in [2.05, 4.69) is 24.2 Å². The first-order valence-corrected chi connectivity index (χ1v) is 9.29. The predicted molar refractivity (Wildman–Crippen MR) is 105 cm³/mol. The molecule has 0 fully saturated rings. The van der Waals surface area contributed by atoms with Crippen molar-refractivity contribution in [3.63, 3.8) is 0 Å². The first-order valence-electron chi connectivity index (χ1n) is 9.29. The fourth-order valence-electron chi connectivity index (χ4n) is 2.71. The number of ether oxygens (including phenoxy) is 1. The summed E-state index contributed by atoms with van der Waals surface area (Å²) in [5, 5.41) is 11.8. The number of benzene rings is 1. The van der Waals surface area contributed by atoms with Gasteiger partial charge in [0.25, 0.3) is 0 Å². The van der Waals surface area contributed by atoms with Crippen LogP contribution in [0.15, 0.2) is 59.5 Å². The molecule has 0 aliphatic heterocycles. The van der Waals surface area contributed by atoms with Crippen molar-refractivity contribution in [2.75, 3.05) is 0 Å². The van der Waals surface area contributed by atoms with Gasteiger partial charge in [0.05, 0.1) is 5.71 Å². The van der Waals surface area contributed by atoms with Gasteiger partial charge in [0.1, 0.15) is 5.76 Å². The molecule has 0 unspecified atom stereocenters. The fourth-order valence-corrected chi connectivity index (χ4v) is 2.71. The van der Waals surface area contributed by atoms with Crippen LogP contribution in [-0.4, -0.2) is 16.9 Å². The van der Waals surface area contributed by atoms with Gasteiger partial charge in [-0.1, -0.05) is 62.0 Å². The maximum atomic E-state index is 11.9. The number of hydrogen-bond donors (Lipinski definition) is 1. The number of hydrogen-bond acceptors (Lipinski definition) is 4. The van der Waals surface area contributed by atoms with E-state index in [9.17, 15) is 4.79 Å². The molecule has 0 amide bonds. The van der Waals surface area contributed by atoms with Crippen LogP contribution in [0.1, 0.15) is 56.6 Å². The number of aryl methyl sites for hydroxylation is 1. The van der Waals surface area contributed by atoms with Gasteiger partial charge in [-0.25, -0.2) is 4.79 Å². The average Bonchev–Trinajstić information content (AvgIpc) is 2.68. The van der Waals surface area contributed by atoms with E-state index in [0.29, 0.717) is 17.9 Å². The SMILES string of the molecule is CCCCCCCc1ccc(C=CC(=O)OC2=CCC(=NO)C=C2)cc1. The van der Waals surface area contributed by atoms with Crippen LogP contribution in [0.2, 0.25) is 0 Å². The van der Waals surface area contributed by atoms with Crippen LogP contribution in [0.4, 0.5) is 0 Å². The second kappa shape index (κ2) is 11.1. The van der Waals surface area contributed by atoms with Gasteiger partial charge in [-0.05, 0) is 48.3 Å². The highest BCUT2D eigenvalue weighted by Crippen LogP contribution is 2.13. The van der Waals surface area contributed by atoms with E-state index in [1.807, 2.05) is 12.1 Å². The zero-order valence-electron chi connectivity index (χ0n) is 15.4. The molecule has 0 saturated heterocycles. The molecule has 4 nitrogen and oxygen atoms in total. The van der Waals surface area contributed by atoms with E-state index in [0.717, 1.165) is 12.0 Å². The first-order chi connectivity index (χ1) is 12.7. The third kappa shape index (κ3) is 7.09. The van der Waals surface area contributed by atoms with Gasteiger partial charge in [0, 0.05) is 12.5 Å². The molecule has 0 radical (unpaired) electrons. The van der Waals surface area contributed by atoms with Crippen molar-refractivity contribution in [2.45, 2.75) is 51.9 Å². The number of oxime groups is 1. The van der Waals surface area contributed by atoms with Crippen LogP contribution in [0.3, 0.4) is 0 Å². The lowest BCUT2D eigenvalue weighted by atomic mass is 10.0. The molecule has 4 heteroatoms. The van der Waals surface area contributed by atoms with Crippen LogP contribution in [0.5, 0.6) is 0 Å². The summed E-state index contributed by atoms with van der Waals surface area (Å²) in [5.41, 5.74) is 2.84. The largest absolute Gasteiger partial charge is 0.424 e. The minimum absolute atomic E-state index is 0.426. The standard InChI is InChI=1S/C22H27NO3/c1-2-3-4-5-6-7-18-8-10-19(11-9-18)12-17-22(24)26-21-15-13-20(23-25)14-16-21/h8-13,15-17,25H,2-7,14H2,1H3. The van der Waals surface area contributed by atoms with E-state index in [1.54, 1.807) is 24.3 Å². The summed E-state index contributed by atoms with van der Waals surface area (Å²) in [6, 6.07) is 8.28. The third-order valence-electron chi connectivity index (χ3n) is 4.26. The number of allylic oxidation sites excluding steroid dienone is 3. The van der Waals surface area contributed by atoms with Gasteiger partial charge in [0.15, 0.2) is 0 Å². The molecule has 0 saturated carbocycles. The highest BCUT2D eigenvalue weighted by molar-refractivity contribution is 5.97. The summed E-state index contributed by atoms with van der Waals surface area (Å²) >= 11 is 0. The quantitative estimate of drug-likeness (QED) is 0.212. The maximum Gasteiger partial charge on any atom is 0.336 e. The molecule has 1 aromatic carbocycles. The van der Waals surface area contributed by atoms with Gasteiger partial charge >= 0.3 is 5.97 Å². The summed E-state index contributed by atoms with van der Waals surface area (Å²) in [6.45, 7) is 2.23. The molecule has 0 spiro atoms.